The fourth-order valence-corrected chi connectivity index (χ4v) is 3.11. The molecule has 1 aliphatic rings. The lowest BCUT2D eigenvalue weighted by atomic mass is 10.0. The second-order valence-corrected chi connectivity index (χ2v) is 6.43. The molecule has 3 aromatic rings. The van der Waals surface area contributed by atoms with Gasteiger partial charge in [-0.15, -0.1) is 0 Å². The van der Waals surface area contributed by atoms with Crippen molar-refractivity contribution in [3.05, 3.63) is 77.5 Å². The molecule has 26 heavy (non-hydrogen) atoms. The van der Waals surface area contributed by atoms with Crippen molar-refractivity contribution in [3.8, 4) is 0 Å². The molecule has 0 spiro atoms. The van der Waals surface area contributed by atoms with Gasteiger partial charge < -0.3 is 14.8 Å². The minimum Gasteiger partial charge on any atom is -0.348 e. The van der Waals surface area contributed by atoms with E-state index in [0.29, 0.717) is 25.3 Å². The Morgan fingerprint density at radius 1 is 1.12 bits per heavy atom. The van der Waals surface area contributed by atoms with E-state index in [1.54, 1.807) is 12.3 Å². The Kier molecular flexibility index (Phi) is 4.41. The van der Waals surface area contributed by atoms with Crippen molar-refractivity contribution >= 4 is 16.8 Å². The van der Waals surface area contributed by atoms with E-state index in [1.165, 1.54) is 0 Å². The van der Waals surface area contributed by atoms with E-state index in [2.05, 4.69) is 10.3 Å². The van der Waals surface area contributed by atoms with Crippen LogP contribution in [0.5, 0.6) is 0 Å². The summed E-state index contributed by atoms with van der Waals surface area (Å²) in [5, 5.41) is 3.91. The van der Waals surface area contributed by atoms with Gasteiger partial charge in [0.15, 0.2) is 5.79 Å². The smallest absolute Gasteiger partial charge is 0.251 e. The minimum absolute atomic E-state index is 0.103. The highest BCUT2D eigenvalue weighted by Gasteiger charge is 2.32. The summed E-state index contributed by atoms with van der Waals surface area (Å²) in [7, 11) is 0. The summed E-state index contributed by atoms with van der Waals surface area (Å²) >= 11 is 0. The monoisotopic (exact) mass is 348 g/mol. The molecule has 0 bridgehead atoms. The van der Waals surface area contributed by atoms with E-state index in [-0.39, 0.29) is 5.91 Å². The fourth-order valence-electron chi connectivity index (χ4n) is 3.11. The molecule has 1 fully saturated rings. The zero-order chi connectivity index (χ0) is 18.0. The van der Waals surface area contributed by atoms with Crippen molar-refractivity contribution in [2.24, 2.45) is 0 Å². The first-order valence-electron chi connectivity index (χ1n) is 8.64. The van der Waals surface area contributed by atoms with Crippen molar-refractivity contribution < 1.29 is 14.3 Å². The van der Waals surface area contributed by atoms with Crippen molar-refractivity contribution in [1.82, 2.24) is 10.3 Å². The predicted molar refractivity (Wildman–Crippen MR) is 98.6 cm³/mol. The van der Waals surface area contributed by atoms with Crippen LogP contribution in [0.4, 0.5) is 0 Å². The summed E-state index contributed by atoms with van der Waals surface area (Å²) < 4.78 is 11.3. The molecule has 0 unspecified atom stereocenters. The van der Waals surface area contributed by atoms with Crippen LogP contribution in [0, 0.1) is 0 Å². The maximum Gasteiger partial charge on any atom is 0.251 e. The molecule has 5 nitrogen and oxygen atoms in total. The van der Waals surface area contributed by atoms with Crippen molar-refractivity contribution in [3.63, 3.8) is 0 Å². The van der Waals surface area contributed by atoms with E-state index in [4.69, 9.17) is 9.47 Å². The molecule has 1 aromatic heterocycles. The van der Waals surface area contributed by atoms with Crippen LogP contribution in [0.2, 0.25) is 0 Å². The highest BCUT2D eigenvalue weighted by molar-refractivity contribution is 5.97. The summed E-state index contributed by atoms with van der Waals surface area (Å²) in [6.45, 7) is 3.60. The number of amides is 1. The van der Waals surface area contributed by atoms with E-state index < -0.39 is 5.79 Å². The summed E-state index contributed by atoms with van der Waals surface area (Å²) in [5.74, 6) is -0.768. The van der Waals surface area contributed by atoms with Gasteiger partial charge in [0.05, 0.1) is 18.7 Å². The van der Waals surface area contributed by atoms with Crippen LogP contribution < -0.4 is 5.32 Å². The van der Waals surface area contributed by atoms with Crippen LogP contribution in [0.25, 0.3) is 10.9 Å². The van der Waals surface area contributed by atoms with Crippen LogP contribution in [-0.4, -0.2) is 24.1 Å². The van der Waals surface area contributed by atoms with E-state index in [1.807, 2.05) is 55.5 Å². The van der Waals surface area contributed by atoms with Crippen LogP contribution in [-0.2, 0) is 21.8 Å². The lowest BCUT2D eigenvalue weighted by Gasteiger charge is -2.22. The second kappa shape index (κ2) is 6.86. The minimum atomic E-state index is -0.666. The molecule has 1 amide bonds. The summed E-state index contributed by atoms with van der Waals surface area (Å²) in [4.78, 5) is 16.7. The average Bonchev–Trinajstić information content (AvgIpc) is 3.14. The third-order valence-corrected chi connectivity index (χ3v) is 4.63. The van der Waals surface area contributed by atoms with Gasteiger partial charge in [0, 0.05) is 29.3 Å². The second-order valence-electron chi connectivity index (χ2n) is 6.43. The first-order valence-corrected chi connectivity index (χ1v) is 8.64. The Morgan fingerprint density at radius 2 is 1.88 bits per heavy atom. The zero-order valence-corrected chi connectivity index (χ0v) is 14.6. The molecular weight excluding hydrogens is 328 g/mol. The molecular formula is C21H20N2O3. The Morgan fingerprint density at radius 3 is 2.65 bits per heavy atom. The Labute approximate surface area is 152 Å². The highest BCUT2D eigenvalue weighted by atomic mass is 16.7. The molecule has 2 heterocycles. The number of aromatic nitrogens is 1. The zero-order valence-electron chi connectivity index (χ0n) is 14.6. The van der Waals surface area contributed by atoms with Gasteiger partial charge in [-0.3, -0.25) is 9.78 Å². The van der Waals surface area contributed by atoms with Gasteiger partial charge in [-0.2, -0.15) is 0 Å². The summed E-state index contributed by atoms with van der Waals surface area (Å²) in [6.07, 6.45) is 1.74. The van der Waals surface area contributed by atoms with Crippen LogP contribution in [0.3, 0.4) is 0 Å². The van der Waals surface area contributed by atoms with Gasteiger partial charge in [-0.05, 0) is 36.8 Å². The van der Waals surface area contributed by atoms with E-state index in [0.717, 1.165) is 22.0 Å². The Balaban J connectivity index is 1.42. The molecule has 132 valence electrons. The van der Waals surface area contributed by atoms with Gasteiger partial charge in [-0.1, -0.05) is 30.3 Å². The number of nitrogens with zero attached hydrogens (tertiary/aromatic N) is 1. The van der Waals surface area contributed by atoms with Crippen LogP contribution >= 0.6 is 0 Å². The predicted octanol–water partition coefficient (Wildman–Crippen LogP) is 3.38. The fraction of sp³-hybridized carbons (Fsp3) is 0.238. The molecule has 0 radical (unpaired) electrons. The number of pyridine rings is 1. The maximum atomic E-state index is 12.4. The number of ether oxygens (including phenoxy) is 2. The molecule has 1 aliphatic heterocycles. The molecule has 0 atom stereocenters. The molecule has 1 N–H and O–H groups in total. The summed E-state index contributed by atoms with van der Waals surface area (Å²) in [5.41, 5.74) is 3.50. The van der Waals surface area contributed by atoms with Gasteiger partial charge >= 0.3 is 0 Å². The summed E-state index contributed by atoms with van der Waals surface area (Å²) in [6, 6.07) is 17.3. The first-order chi connectivity index (χ1) is 12.6. The highest BCUT2D eigenvalue weighted by Crippen LogP contribution is 2.30. The topological polar surface area (TPSA) is 60.5 Å². The van der Waals surface area contributed by atoms with Gasteiger partial charge in [-0.25, -0.2) is 0 Å². The molecule has 1 saturated heterocycles. The van der Waals surface area contributed by atoms with Gasteiger partial charge in [0.25, 0.3) is 5.91 Å². The lowest BCUT2D eigenvalue weighted by molar-refractivity contribution is -0.149. The van der Waals surface area contributed by atoms with Gasteiger partial charge in [0.1, 0.15) is 0 Å². The average molecular weight is 348 g/mol. The number of fused-ring (bicyclic) bond motifs is 1. The number of hydrogen-bond donors (Lipinski definition) is 1. The van der Waals surface area contributed by atoms with E-state index >= 15 is 0 Å². The number of benzene rings is 2. The van der Waals surface area contributed by atoms with E-state index in [9.17, 15) is 4.79 Å². The number of carbonyl (C=O) groups is 1. The quantitative estimate of drug-likeness (QED) is 0.785. The van der Waals surface area contributed by atoms with Crippen molar-refractivity contribution in [1.29, 1.82) is 0 Å². The lowest BCUT2D eigenvalue weighted by Crippen LogP contribution is -2.24. The molecule has 0 saturated carbocycles. The molecule has 4 rings (SSSR count). The number of nitrogens with one attached hydrogen (secondary N) is 1. The molecule has 5 heteroatoms. The Bertz CT molecular complexity index is 931. The third kappa shape index (κ3) is 3.31. The number of rotatable bonds is 4. The van der Waals surface area contributed by atoms with Crippen molar-refractivity contribution in [2.75, 3.05) is 13.2 Å². The largest absolute Gasteiger partial charge is 0.348 e. The maximum absolute atomic E-state index is 12.4. The van der Waals surface area contributed by atoms with Crippen LogP contribution in [0.15, 0.2) is 60.8 Å². The normalized spacial score (nSPS) is 15.9. The third-order valence-electron chi connectivity index (χ3n) is 4.63. The van der Waals surface area contributed by atoms with Crippen LogP contribution in [0.1, 0.15) is 28.4 Å². The molecule has 0 aliphatic carbocycles. The Hall–Kier alpha value is -2.76. The standard InChI is InChI=1S/C21H20N2O3/c1-21(25-11-12-26-21)18-7-4-15(5-8-18)14-23-20(24)17-6-9-19-16(13-17)3-2-10-22-19/h2-10,13H,11-12,14H2,1H3,(H,23,24). The number of hydrogen-bond acceptors (Lipinski definition) is 4. The van der Waals surface area contributed by atoms with Crippen molar-refractivity contribution in [2.45, 2.75) is 19.3 Å². The SMILES string of the molecule is CC1(c2ccc(CNC(=O)c3ccc4ncccc4c3)cc2)OCCO1. The first kappa shape index (κ1) is 16.7. The van der Waals surface area contributed by atoms with Gasteiger partial charge in [0.2, 0.25) is 0 Å². The number of carbonyl (C=O) groups excluding carboxylic acids is 1. The molecule has 2 aromatic carbocycles.